The van der Waals surface area contributed by atoms with Gasteiger partial charge in [0.15, 0.2) is 6.61 Å². The number of terminal acetylenes is 1. The molecule has 0 saturated heterocycles. The summed E-state index contributed by atoms with van der Waals surface area (Å²) in [4.78, 5) is 23.0. The van der Waals surface area contributed by atoms with E-state index < -0.39 is 28.5 Å². The van der Waals surface area contributed by atoms with Gasteiger partial charge in [-0.3, -0.25) is 9.59 Å². The number of esters is 1. The third kappa shape index (κ3) is 6.57. The fourth-order valence-corrected chi connectivity index (χ4v) is 3.85. The third-order valence-corrected chi connectivity index (χ3v) is 5.01. The van der Waals surface area contributed by atoms with E-state index in [0.717, 1.165) is 5.56 Å². The van der Waals surface area contributed by atoms with Crippen LogP contribution in [0.1, 0.15) is 23.1 Å². The molecule has 0 bridgehead atoms. The molecule has 1 amide bonds. The van der Waals surface area contributed by atoms with Crippen LogP contribution >= 0.6 is 0 Å². The van der Waals surface area contributed by atoms with Crippen molar-refractivity contribution in [3.8, 4) is 12.3 Å². The summed E-state index contributed by atoms with van der Waals surface area (Å²) in [5.74, 6) is 1.02. The Morgan fingerprint density at radius 2 is 1.80 bits per heavy atom. The van der Waals surface area contributed by atoms with Crippen LogP contribution in [0.4, 0.5) is 0 Å². The average molecular weight is 366 g/mol. The van der Waals surface area contributed by atoms with Gasteiger partial charge in [-0.2, -0.15) is 0 Å². The van der Waals surface area contributed by atoms with Crippen molar-refractivity contribution in [3.63, 3.8) is 0 Å². The van der Waals surface area contributed by atoms with E-state index in [1.54, 1.807) is 26.0 Å². The number of carbonyl (C=O) groups excluding carboxylic acids is 2. The maximum Gasteiger partial charge on any atom is 0.307 e. The van der Waals surface area contributed by atoms with Crippen molar-refractivity contribution in [1.82, 2.24) is 10.0 Å². The van der Waals surface area contributed by atoms with E-state index in [4.69, 9.17) is 11.2 Å². The van der Waals surface area contributed by atoms with E-state index in [1.165, 1.54) is 0 Å². The van der Waals surface area contributed by atoms with Gasteiger partial charge < -0.3 is 10.1 Å². The van der Waals surface area contributed by atoms with Crippen LogP contribution in [0.25, 0.3) is 0 Å². The molecule has 1 aromatic rings. The van der Waals surface area contributed by atoms with Crippen LogP contribution in [0.2, 0.25) is 0 Å². The Bertz CT molecular complexity index is 771. The normalized spacial score (nSPS) is 10.8. The molecule has 0 aromatic heterocycles. The van der Waals surface area contributed by atoms with Gasteiger partial charge in [0.2, 0.25) is 10.0 Å². The van der Waals surface area contributed by atoms with Gasteiger partial charge in [-0.1, -0.05) is 23.6 Å². The quantitative estimate of drug-likeness (QED) is 0.517. The minimum absolute atomic E-state index is 0.0471. The van der Waals surface area contributed by atoms with Crippen molar-refractivity contribution in [2.45, 2.75) is 32.1 Å². The summed E-state index contributed by atoms with van der Waals surface area (Å²) in [6.45, 7) is 4.80. The fourth-order valence-electron chi connectivity index (χ4n) is 2.37. The SMILES string of the molecule is C#CCNC(=O)COC(=O)CCNS(=O)(=O)c1c(C)cc(C)cc1C. The average Bonchev–Trinajstić information content (AvgIpc) is 2.49. The highest BCUT2D eigenvalue weighted by atomic mass is 32.2. The minimum Gasteiger partial charge on any atom is -0.456 e. The summed E-state index contributed by atoms with van der Waals surface area (Å²) in [6.07, 6.45) is 4.79. The lowest BCUT2D eigenvalue weighted by atomic mass is 10.1. The van der Waals surface area contributed by atoms with Crippen LogP contribution in [0.5, 0.6) is 0 Å². The largest absolute Gasteiger partial charge is 0.456 e. The van der Waals surface area contributed by atoms with E-state index in [2.05, 4.69) is 16.0 Å². The molecular weight excluding hydrogens is 344 g/mol. The highest BCUT2D eigenvalue weighted by Gasteiger charge is 2.20. The van der Waals surface area contributed by atoms with Gasteiger partial charge in [-0.25, -0.2) is 13.1 Å². The molecule has 0 radical (unpaired) electrons. The Kier molecular flexibility index (Phi) is 7.61. The maximum atomic E-state index is 12.4. The molecule has 7 nitrogen and oxygen atoms in total. The predicted molar refractivity (Wildman–Crippen MR) is 93.3 cm³/mol. The summed E-state index contributed by atoms with van der Waals surface area (Å²) < 4.78 is 31.9. The van der Waals surface area contributed by atoms with Gasteiger partial charge in [0, 0.05) is 6.54 Å². The van der Waals surface area contributed by atoms with Crippen molar-refractivity contribution in [3.05, 3.63) is 28.8 Å². The summed E-state index contributed by atoms with van der Waals surface area (Å²) in [5.41, 5.74) is 2.25. The molecule has 136 valence electrons. The molecule has 0 unspecified atom stereocenters. The summed E-state index contributed by atoms with van der Waals surface area (Å²) in [7, 11) is -3.74. The summed E-state index contributed by atoms with van der Waals surface area (Å²) in [6, 6.07) is 3.56. The number of ether oxygens (including phenoxy) is 1. The summed E-state index contributed by atoms with van der Waals surface area (Å²) in [5, 5.41) is 2.34. The number of carbonyl (C=O) groups is 2. The van der Waals surface area contributed by atoms with Crippen molar-refractivity contribution in [2.75, 3.05) is 19.7 Å². The number of benzene rings is 1. The number of rotatable bonds is 8. The molecule has 0 fully saturated rings. The van der Waals surface area contributed by atoms with Crippen LogP contribution in [0.3, 0.4) is 0 Å². The van der Waals surface area contributed by atoms with Crippen LogP contribution in [0, 0.1) is 33.1 Å². The fraction of sp³-hybridized carbons (Fsp3) is 0.412. The van der Waals surface area contributed by atoms with Gasteiger partial charge in [0.25, 0.3) is 5.91 Å². The first-order valence-corrected chi connectivity index (χ1v) is 9.09. The molecule has 1 rings (SSSR count). The molecule has 2 N–H and O–H groups in total. The molecule has 0 saturated carbocycles. The van der Waals surface area contributed by atoms with E-state index in [-0.39, 0.29) is 24.4 Å². The zero-order valence-electron chi connectivity index (χ0n) is 14.5. The second-order valence-corrected chi connectivity index (χ2v) is 7.22. The second kappa shape index (κ2) is 9.20. The number of amides is 1. The van der Waals surface area contributed by atoms with Gasteiger partial charge in [0.05, 0.1) is 17.9 Å². The summed E-state index contributed by atoms with van der Waals surface area (Å²) >= 11 is 0. The van der Waals surface area contributed by atoms with Crippen LogP contribution in [-0.4, -0.2) is 40.0 Å². The maximum absolute atomic E-state index is 12.4. The van der Waals surface area contributed by atoms with Crippen LogP contribution < -0.4 is 10.0 Å². The number of aryl methyl sites for hydroxylation is 3. The topological polar surface area (TPSA) is 102 Å². The lowest BCUT2D eigenvalue weighted by molar-refractivity contribution is -0.148. The molecule has 8 heteroatoms. The van der Waals surface area contributed by atoms with Crippen molar-refractivity contribution < 1.29 is 22.7 Å². The lowest BCUT2D eigenvalue weighted by Gasteiger charge is -2.13. The first kappa shape index (κ1) is 20.7. The molecule has 0 aliphatic heterocycles. The van der Waals surface area contributed by atoms with Crippen LogP contribution in [0.15, 0.2) is 17.0 Å². The Morgan fingerprint density at radius 1 is 1.20 bits per heavy atom. The standard InChI is InChI=1S/C17H22N2O5S/c1-5-7-18-15(20)11-24-16(21)6-8-19-25(22,23)17-13(3)9-12(2)10-14(17)4/h1,9-10,19H,6-8,11H2,2-4H3,(H,18,20). The van der Waals surface area contributed by atoms with Gasteiger partial charge >= 0.3 is 5.97 Å². The number of sulfonamides is 1. The van der Waals surface area contributed by atoms with E-state index in [9.17, 15) is 18.0 Å². The zero-order valence-corrected chi connectivity index (χ0v) is 15.3. The first-order valence-electron chi connectivity index (χ1n) is 7.60. The Morgan fingerprint density at radius 3 is 2.36 bits per heavy atom. The molecule has 0 atom stereocenters. The number of nitrogens with one attached hydrogen (secondary N) is 2. The number of hydrogen-bond acceptors (Lipinski definition) is 5. The Balaban J connectivity index is 2.54. The van der Waals surface area contributed by atoms with Crippen LogP contribution in [-0.2, 0) is 24.3 Å². The monoisotopic (exact) mass is 366 g/mol. The zero-order chi connectivity index (χ0) is 19.0. The van der Waals surface area contributed by atoms with Gasteiger partial charge in [-0.05, 0) is 31.9 Å². The molecule has 0 heterocycles. The van der Waals surface area contributed by atoms with E-state index in [1.807, 2.05) is 6.92 Å². The Labute approximate surface area is 148 Å². The Hall–Kier alpha value is -2.37. The van der Waals surface area contributed by atoms with E-state index in [0.29, 0.717) is 11.1 Å². The molecule has 0 spiro atoms. The highest BCUT2D eigenvalue weighted by molar-refractivity contribution is 7.89. The molecule has 25 heavy (non-hydrogen) atoms. The van der Waals surface area contributed by atoms with Crippen molar-refractivity contribution in [2.24, 2.45) is 0 Å². The predicted octanol–water partition coefficient (Wildman–Crippen LogP) is 0.573. The number of hydrogen-bond donors (Lipinski definition) is 2. The lowest BCUT2D eigenvalue weighted by Crippen LogP contribution is -2.31. The third-order valence-electron chi connectivity index (χ3n) is 3.25. The van der Waals surface area contributed by atoms with Gasteiger partial charge in [0.1, 0.15) is 0 Å². The van der Waals surface area contributed by atoms with E-state index >= 15 is 0 Å². The second-order valence-electron chi connectivity index (χ2n) is 5.52. The molecule has 0 aliphatic carbocycles. The first-order chi connectivity index (χ1) is 11.7. The molecule has 0 aliphatic rings. The van der Waals surface area contributed by atoms with Gasteiger partial charge in [-0.15, -0.1) is 6.42 Å². The minimum atomic E-state index is -3.74. The smallest absolute Gasteiger partial charge is 0.307 e. The van der Waals surface area contributed by atoms with Crippen molar-refractivity contribution in [1.29, 1.82) is 0 Å². The molecular formula is C17H22N2O5S. The highest BCUT2D eigenvalue weighted by Crippen LogP contribution is 2.21. The van der Waals surface area contributed by atoms with Crippen molar-refractivity contribution >= 4 is 21.9 Å². The molecule has 1 aromatic carbocycles.